The number of carbonyl (C=O) groups excluding carboxylic acids is 1. The van der Waals surface area contributed by atoms with Crippen molar-refractivity contribution >= 4 is 11.9 Å². The van der Waals surface area contributed by atoms with E-state index in [1.54, 1.807) is 0 Å². The van der Waals surface area contributed by atoms with Crippen molar-refractivity contribution in [2.45, 2.75) is 31.9 Å². The first-order valence-corrected chi connectivity index (χ1v) is 6.48. The van der Waals surface area contributed by atoms with Gasteiger partial charge in [0.15, 0.2) is 0 Å². The van der Waals surface area contributed by atoms with Crippen molar-refractivity contribution in [1.29, 1.82) is 0 Å². The minimum atomic E-state index is -0.913. The molecule has 2 aliphatic rings. The molecular formula is C12H20N2O4. The van der Waals surface area contributed by atoms with Crippen molar-refractivity contribution in [2.75, 3.05) is 32.8 Å². The molecular weight excluding hydrogens is 236 g/mol. The molecule has 0 aromatic rings. The molecule has 2 heterocycles. The highest BCUT2D eigenvalue weighted by atomic mass is 16.5. The Kier molecular flexibility index (Phi) is 4.19. The normalized spacial score (nSPS) is 29.8. The number of hydrogen-bond acceptors (Lipinski definition) is 4. The molecule has 102 valence electrons. The third-order valence-corrected chi connectivity index (χ3v) is 3.68. The van der Waals surface area contributed by atoms with Gasteiger partial charge < -0.3 is 14.7 Å². The van der Waals surface area contributed by atoms with E-state index in [1.807, 2.05) is 0 Å². The van der Waals surface area contributed by atoms with Crippen molar-refractivity contribution in [3.8, 4) is 0 Å². The lowest BCUT2D eigenvalue weighted by Crippen LogP contribution is -2.50. The average Bonchev–Trinajstić information content (AvgIpc) is 2.71. The summed E-state index contributed by atoms with van der Waals surface area (Å²) in [4.78, 5) is 26.5. The van der Waals surface area contributed by atoms with Gasteiger partial charge in [-0.1, -0.05) is 6.92 Å². The number of carboxylic acid groups (broad SMARTS) is 1. The fraction of sp³-hybridized carbons (Fsp3) is 0.833. The van der Waals surface area contributed by atoms with Crippen LogP contribution in [0, 0.1) is 0 Å². The first kappa shape index (κ1) is 13.3. The van der Waals surface area contributed by atoms with Crippen LogP contribution in [0.4, 0.5) is 0 Å². The summed E-state index contributed by atoms with van der Waals surface area (Å²) in [6, 6.07) is -0.668. The first-order valence-electron chi connectivity index (χ1n) is 6.48. The molecule has 2 unspecified atom stereocenters. The Bertz CT molecular complexity index is 334. The van der Waals surface area contributed by atoms with Gasteiger partial charge in [0.25, 0.3) is 0 Å². The molecule has 1 N–H and O–H groups in total. The summed E-state index contributed by atoms with van der Waals surface area (Å²) >= 11 is 0. The molecule has 6 nitrogen and oxygen atoms in total. The molecule has 0 aromatic heterocycles. The molecule has 2 atom stereocenters. The SMILES string of the molecule is CCN1CCOC(CN2C(=O)CCC2C(=O)O)C1. The number of amides is 1. The first-order chi connectivity index (χ1) is 8.61. The highest BCUT2D eigenvalue weighted by molar-refractivity contribution is 5.87. The van der Waals surface area contributed by atoms with Crippen LogP contribution in [0.25, 0.3) is 0 Å². The zero-order valence-corrected chi connectivity index (χ0v) is 10.7. The molecule has 2 rings (SSSR count). The topological polar surface area (TPSA) is 70.1 Å². The van der Waals surface area contributed by atoms with Crippen LogP contribution >= 0.6 is 0 Å². The van der Waals surface area contributed by atoms with Crippen LogP contribution in [0.1, 0.15) is 19.8 Å². The van der Waals surface area contributed by atoms with Crippen LogP contribution in [0.5, 0.6) is 0 Å². The number of morpholine rings is 1. The second kappa shape index (κ2) is 5.67. The Labute approximate surface area is 106 Å². The van der Waals surface area contributed by atoms with Crippen molar-refractivity contribution in [3.63, 3.8) is 0 Å². The van der Waals surface area contributed by atoms with E-state index in [-0.39, 0.29) is 12.0 Å². The molecule has 0 spiro atoms. The number of ether oxygens (including phenoxy) is 1. The molecule has 1 amide bonds. The zero-order valence-electron chi connectivity index (χ0n) is 10.7. The van der Waals surface area contributed by atoms with Crippen LogP contribution in [0.3, 0.4) is 0 Å². The number of aliphatic carboxylic acids is 1. The molecule has 6 heteroatoms. The third-order valence-electron chi connectivity index (χ3n) is 3.68. The number of hydrogen-bond donors (Lipinski definition) is 1. The van der Waals surface area contributed by atoms with Gasteiger partial charge in [-0.25, -0.2) is 4.79 Å². The minimum absolute atomic E-state index is 0.0670. The number of likely N-dealkylation sites (N-methyl/N-ethyl adjacent to an activating group) is 1. The van der Waals surface area contributed by atoms with E-state index in [1.165, 1.54) is 4.90 Å². The van der Waals surface area contributed by atoms with E-state index in [4.69, 9.17) is 9.84 Å². The lowest BCUT2D eigenvalue weighted by molar-refractivity contribution is -0.148. The fourth-order valence-corrected chi connectivity index (χ4v) is 2.62. The van der Waals surface area contributed by atoms with E-state index in [0.717, 1.165) is 19.6 Å². The van der Waals surface area contributed by atoms with Gasteiger partial charge in [-0.15, -0.1) is 0 Å². The highest BCUT2D eigenvalue weighted by Gasteiger charge is 2.37. The Morgan fingerprint density at radius 1 is 1.56 bits per heavy atom. The van der Waals surface area contributed by atoms with Crippen molar-refractivity contribution in [1.82, 2.24) is 9.80 Å². The largest absolute Gasteiger partial charge is 0.480 e. The lowest BCUT2D eigenvalue weighted by Gasteiger charge is -2.35. The van der Waals surface area contributed by atoms with Crippen LogP contribution in [0.2, 0.25) is 0 Å². The summed E-state index contributed by atoms with van der Waals surface area (Å²) in [5, 5.41) is 9.08. The highest BCUT2D eigenvalue weighted by Crippen LogP contribution is 2.20. The van der Waals surface area contributed by atoms with Gasteiger partial charge in [0.05, 0.1) is 12.7 Å². The van der Waals surface area contributed by atoms with Crippen molar-refractivity contribution < 1.29 is 19.4 Å². The number of likely N-dealkylation sites (tertiary alicyclic amines) is 1. The zero-order chi connectivity index (χ0) is 13.1. The lowest BCUT2D eigenvalue weighted by atomic mass is 10.2. The average molecular weight is 256 g/mol. The van der Waals surface area contributed by atoms with Crippen LogP contribution in [-0.2, 0) is 14.3 Å². The standard InChI is InChI=1S/C12H20N2O4/c1-2-13-5-6-18-9(7-13)8-14-10(12(16)17)3-4-11(14)15/h9-10H,2-8H2,1H3,(H,16,17). The number of carbonyl (C=O) groups is 2. The van der Waals surface area contributed by atoms with Crippen LogP contribution in [0.15, 0.2) is 0 Å². The van der Waals surface area contributed by atoms with Gasteiger partial charge in [0, 0.05) is 26.1 Å². The quantitative estimate of drug-likeness (QED) is 0.753. The van der Waals surface area contributed by atoms with Gasteiger partial charge in [-0.2, -0.15) is 0 Å². The summed E-state index contributed by atoms with van der Waals surface area (Å²) in [5.41, 5.74) is 0. The van der Waals surface area contributed by atoms with Gasteiger partial charge in [0.2, 0.25) is 5.91 Å². The number of carboxylic acids is 1. The summed E-state index contributed by atoms with van der Waals surface area (Å²) in [7, 11) is 0. The minimum Gasteiger partial charge on any atom is -0.480 e. The summed E-state index contributed by atoms with van der Waals surface area (Å²) in [6.45, 7) is 5.76. The monoisotopic (exact) mass is 256 g/mol. The van der Waals surface area contributed by atoms with Gasteiger partial charge in [-0.3, -0.25) is 9.69 Å². The molecule has 2 fully saturated rings. The molecule has 18 heavy (non-hydrogen) atoms. The maximum absolute atomic E-state index is 11.7. The molecule has 0 bridgehead atoms. The Balaban J connectivity index is 1.94. The van der Waals surface area contributed by atoms with E-state index in [0.29, 0.717) is 26.0 Å². The molecule has 0 aromatic carbocycles. The smallest absolute Gasteiger partial charge is 0.326 e. The fourth-order valence-electron chi connectivity index (χ4n) is 2.62. The number of rotatable bonds is 4. The van der Waals surface area contributed by atoms with Crippen molar-refractivity contribution in [3.05, 3.63) is 0 Å². The Morgan fingerprint density at radius 2 is 2.33 bits per heavy atom. The second-order valence-corrected chi connectivity index (χ2v) is 4.82. The van der Waals surface area contributed by atoms with E-state index >= 15 is 0 Å². The maximum Gasteiger partial charge on any atom is 0.326 e. The Morgan fingerprint density at radius 3 is 3.00 bits per heavy atom. The van der Waals surface area contributed by atoms with Gasteiger partial charge in [-0.05, 0) is 13.0 Å². The molecule has 2 aliphatic heterocycles. The molecule has 0 saturated carbocycles. The van der Waals surface area contributed by atoms with E-state index in [9.17, 15) is 9.59 Å². The van der Waals surface area contributed by atoms with Crippen molar-refractivity contribution in [2.24, 2.45) is 0 Å². The van der Waals surface area contributed by atoms with Gasteiger partial charge >= 0.3 is 5.97 Å². The molecule has 0 aliphatic carbocycles. The van der Waals surface area contributed by atoms with Crippen LogP contribution < -0.4 is 0 Å². The van der Waals surface area contributed by atoms with Gasteiger partial charge in [0.1, 0.15) is 6.04 Å². The maximum atomic E-state index is 11.7. The second-order valence-electron chi connectivity index (χ2n) is 4.82. The Hall–Kier alpha value is -1.14. The predicted octanol–water partition coefficient (Wildman–Crippen LogP) is -0.217. The number of nitrogens with zero attached hydrogens (tertiary/aromatic N) is 2. The summed E-state index contributed by atoms with van der Waals surface area (Å²) in [5.74, 6) is -0.983. The predicted molar refractivity (Wildman–Crippen MR) is 64.2 cm³/mol. The third kappa shape index (κ3) is 2.81. The summed E-state index contributed by atoms with van der Waals surface area (Å²) < 4.78 is 5.62. The van der Waals surface area contributed by atoms with E-state index < -0.39 is 12.0 Å². The summed E-state index contributed by atoms with van der Waals surface area (Å²) in [6.07, 6.45) is 0.683. The van der Waals surface area contributed by atoms with E-state index in [2.05, 4.69) is 11.8 Å². The van der Waals surface area contributed by atoms with Crippen LogP contribution in [-0.4, -0.2) is 71.7 Å². The molecule has 0 radical (unpaired) electrons. The molecule has 2 saturated heterocycles.